The average molecular weight is 345 g/mol. The Hall–Kier alpha value is -2.77. The summed E-state index contributed by atoms with van der Waals surface area (Å²) in [5.74, 6) is 1.75. The molecule has 0 aromatic heterocycles. The third kappa shape index (κ3) is 5.15. The van der Waals surface area contributed by atoms with Crippen molar-refractivity contribution in [1.82, 2.24) is 0 Å². The molecule has 122 valence electrons. The maximum atomic E-state index is 13.5. The molecule has 2 rings (SSSR count). The molecule has 0 amide bonds. The van der Waals surface area contributed by atoms with Crippen LogP contribution in [-0.2, 0) is 16.1 Å². The van der Waals surface area contributed by atoms with Gasteiger partial charge >= 0.3 is 5.97 Å². The minimum atomic E-state index is -0.538. The lowest BCUT2D eigenvalue weighted by Crippen LogP contribution is -2.00. The number of halogens is 2. The maximum Gasteiger partial charge on any atom is 0.331 e. The first-order valence-electron chi connectivity index (χ1n) is 7.04. The molecule has 0 heterocycles. The lowest BCUT2D eigenvalue weighted by molar-refractivity contribution is -0.136. The highest BCUT2D eigenvalue weighted by Crippen LogP contribution is 2.27. The summed E-state index contributed by atoms with van der Waals surface area (Å²) in [5.41, 5.74) is 1.13. The first-order chi connectivity index (χ1) is 11.6. The van der Waals surface area contributed by atoms with Crippen molar-refractivity contribution in [2.24, 2.45) is 0 Å². The summed E-state index contributed by atoms with van der Waals surface area (Å²) >= 11 is 6.14. The Kier molecular flexibility index (Phi) is 6.41. The molecule has 0 radical (unpaired) electrons. The minimum absolute atomic E-state index is 0.0694. The summed E-state index contributed by atoms with van der Waals surface area (Å²) in [7, 11) is 0. The van der Waals surface area contributed by atoms with Gasteiger partial charge in [0.25, 0.3) is 0 Å². The Bertz CT molecular complexity index is 793. The number of rotatable bonds is 6. The Morgan fingerprint density at radius 2 is 2.08 bits per heavy atom. The molecule has 0 aliphatic heterocycles. The second kappa shape index (κ2) is 8.76. The molecular formula is C19H14ClFO3. The van der Waals surface area contributed by atoms with Gasteiger partial charge in [-0.1, -0.05) is 41.8 Å². The average Bonchev–Trinajstić information content (AvgIpc) is 2.58. The van der Waals surface area contributed by atoms with Crippen molar-refractivity contribution >= 4 is 23.6 Å². The van der Waals surface area contributed by atoms with Crippen LogP contribution in [0.1, 0.15) is 11.1 Å². The van der Waals surface area contributed by atoms with E-state index in [-0.39, 0.29) is 19.0 Å². The van der Waals surface area contributed by atoms with Gasteiger partial charge in [0.1, 0.15) is 18.2 Å². The standard InChI is InChI=1S/C19H14ClFO3/c1-2-11-23-19(22)10-8-14-7-9-18(16(20)12-14)24-13-15-5-3-4-6-17(15)21/h1,3-10,12H,11,13H2/b10-8+. The van der Waals surface area contributed by atoms with Crippen LogP contribution in [0.3, 0.4) is 0 Å². The van der Waals surface area contributed by atoms with Crippen LogP contribution in [0.5, 0.6) is 5.75 Å². The number of carbonyl (C=O) groups excluding carboxylic acids is 1. The van der Waals surface area contributed by atoms with E-state index in [1.807, 2.05) is 0 Å². The Balaban J connectivity index is 1.99. The number of esters is 1. The van der Waals surface area contributed by atoms with Crippen molar-refractivity contribution in [3.63, 3.8) is 0 Å². The normalized spacial score (nSPS) is 10.4. The fourth-order valence-electron chi connectivity index (χ4n) is 1.83. The van der Waals surface area contributed by atoms with Gasteiger partial charge in [0.15, 0.2) is 6.61 Å². The molecule has 0 N–H and O–H groups in total. The van der Waals surface area contributed by atoms with E-state index in [1.165, 1.54) is 12.1 Å². The van der Waals surface area contributed by atoms with Crippen LogP contribution in [0.15, 0.2) is 48.5 Å². The van der Waals surface area contributed by atoms with E-state index in [0.29, 0.717) is 21.9 Å². The van der Waals surface area contributed by atoms with Crippen LogP contribution in [-0.4, -0.2) is 12.6 Å². The molecule has 0 saturated carbocycles. The van der Waals surface area contributed by atoms with Gasteiger partial charge in [-0.25, -0.2) is 9.18 Å². The van der Waals surface area contributed by atoms with Crippen molar-refractivity contribution in [2.75, 3.05) is 6.61 Å². The lowest BCUT2D eigenvalue weighted by atomic mass is 10.2. The highest BCUT2D eigenvalue weighted by Gasteiger charge is 2.06. The zero-order valence-electron chi connectivity index (χ0n) is 12.7. The second-order valence-electron chi connectivity index (χ2n) is 4.72. The third-order valence-electron chi connectivity index (χ3n) is 3.01. The van der Waals surface area contributed by atoms with Crippen LogP contribution in [0, 0.1) is 18.2 Å². The summed E-state index contributed by atoms with van der Waals surface area (Å²) in [6, 6.07) is 11.3. The molecule has 2 aromatic carbocycles. The molecule has 2 aromatic rings. The SMILES string of the molecule is C#CCOC(=O)/C=C/c1ccc(OCc2ccccc2F)c(Cl)c1. The number of hydrogen-bond donors (Lipinski definition) is 0. The Morgan fingerprint density at radius 1 is 1.29 bits per heavy atom. The molecule has 0 spiro atoms. The molecule has 0 aliphatic carbocycles. The topological polar surface area (TPSA) is 35.5 Å². The zero-order chi connectivity index (χ0) is 17.4. The minimum Gasteiger partial charge on any atom is -0.487 e. The summed E-state index contributed by atoms with van der Waals surface area (Å²) in [6.07, 6.45) is 7.79. The molecule has 0 unspecified atom stereocenters. The molecule has 24 heavy (non-hydrogen) atoms. The van der Waals surface area contributed by atoms with Crippen LogP contribution in [0.25, 0.3) is 6.08 Å². The van der Waals surface area contributed by atoms with E-state index in [2.05, 4.69) is 5.92 Å². The van der Waals surface area contributed by atoms with E-state index in [1.54, 1.807) is 42.5 Å². The highest BCUT2D eigenvalue weighted by atomic mass is 35.5. The predicted octanol–water partition coefficient (Wildman–Crippen LogP) is 4.25. The zero-order valence-corrected chi connectivity index (χ0v) is 13.4. The predicted molar refractivity (Wildman–Crippen MR) is 91.0 cm³/mol. The number of hydrogen-bond acceptors (Lipinski definition) is 3. The number of carbonyl (C=O) groups is 1. The van der Waals surface area contributed by atoms with Crippen LogP contribution < -0.4 is 4.74 Å². The van der Waals surface area contributed by atoms with Crippen molar-refractivity contribution in [3.05, 3.63) is 70.5 Å². The van der Waals surface area contributed by atoms with Crippen molar-refractivity contribution < 1.29 is 18.7 Å². The van der Waals surface area contributed by atoms with Gasteiger partial charge in [-0.15, -0.1) is 6.42 Å². The largest absolute Gasteiger partial charge is 0.487 e. The lowest BCUT2D eigenvalue weighted by Gasteiger charge is -2.09. The van der Waals surface area contributed by atoms with E-state index >= 15 is 0 Å². The van der Waals surface area contributed by atoms with Crippen molar-refractivity contribution in [2.45, 2.75) is 6.61 Å². The first kappa shape index (κ1) is 17.6. The van der Waals surface area contributed by atoms with Crippen LogP contribution in [0.4, 0.5) is 4.39 Å². The van der Waals surface area contributed by atoms with E-state index in [0.717, 1.165) is 0 Å². The van der Waals surface area contributed by atoms with Gasteiger partial charge in [0, 0.05) is 11.6 Å². The Morgan fingerprint density at radius 3 is 2.79 bits per heavy atom. The highest BCUT2D eigenvalue weighted by molar-refractivity contribution is 6.32. The van der Waals surface area contributed by atoms with Gasteiger partial charge in [-0.3, -0.25) is 0 Å². The molecule has 5 heteroatoms. The van der Waals surface area contributed by atoms with Crippen LogP contribution in [0.2, 0.25) is 5.02 Å². The fraction of sp³-hybridized carbons (Fsp3) is 0.105. The maximum absolute atomic E-state index is 13.5. The number of benzene rings is 2. The summed E-state index contributed by atoms with van der Waals surface area (Å²) in [5, 5.41) is 0.352. The number of ether oxygens (including phenoxy) is 2. The van der Waals surface area contributed by atoms with Gasteiger partial charge in [-0.05, 0) is 29.8 Å². The summed E-state index contributed by atoms with van der Waals surface area (Å²) < 4.78 is 23.8. The van der Waals surface area contributed by atoms with Crippen LogP contribution >= 0.6 is 11.6 Å². The van der Waals surface area contributed by atoms with Gasteiger partial charge in [-0.2, -0.15) is 0 Å². The van der Waals surface area contributed by atoms with Gasteiger partial charge in [0.2, 0.25) is 0 Å². The van der Waals surface area contributed by atoms with Crippen molar-refractivity contribution in [1.29, 1.82) is 0 Å². The van der Waals surface area contributed by atoms with Gasteiger partial charge in [0.05, 0.1) is 5.02 Å². The molecule has 0 saturated heterocycles. The molecule has 3 nitrogen and oxygen atoms in total. The van der Waals surface area contributed by atoms with E-state index in [9.17, 15) is 9.18 Å². The summed E-state index contributed by atoms with van der Waals surface area (Å²) in [4.78, 5) is 11.3. The molecule has 0 fully saturated rings. The molecular weight excluding hydrogens is 331 g/mol. The molecule has 0 atom stereocenters. The van der Waals surface area contributed by atoms with E-state index < -0.39 is 5.97 Å². The molecule has 0 aliphatic rings. The summed E-state index contributed by atoms with van der Waals surface area (Å²) in [6.45, 7) is -0.00720. The van der Waals surface area contributed by atoms with Gasteiger partial charge < -0.3 is 9.47 Å². The first-order valence-corrected chi connectivity index (χ1v) is 7.42. The Labute approximate surface area is 144 Å². The monoisotopic (exact) mass is 344 g/mol. The third-order valence-corrected chi connectivity index (χ3v) is 3.30. The number of terminal acetylenes is 1. The van der Waals surface area contributed by atoms with Crippen molar-refractivity contribution in [3.8, 4) is 18.1 Å². The van der Waals surface area contributed by atoms with E-state index in [4.69, 9.17) is 27.5 Å². The molecule has 0 bridgehead atoms. The quantitative estimate of drug-likeness (QED) is 0.446. The smallest absolute Gasteiger partial charge is 0.331 e. The second-order valence-corrected chi connectivity index (χ2v) is 5.12. The fourth-order valence-corrected chi connectivity index (χ4v) is 2.08.